The van der Waals surface area contributed by atoms with Gasteiger partial charge in [-0.25, -0.2) is 0 Å². The summed E-state index contributed by atoms with van der Waals surface area (Å²) in [6.07, 6.45) is 18.1. The Bertz CT molecular complexity index is 585. The second-order valence-corrected chi connectivity index (χ2v) is 14.8. The highest BCUT2D eigenvalue weighted by atomic mass is 16.3. The molecule has 2 aliphatic carbocycles. The first kappa shape index (κ1) is 60.2. The molecule has 0 amide bonds. The van der Waals surface area contributed by atoms with Gasteiger partial charge in [-0.1, -0.05) is 80.6 Å². The summed E-state index contributed by atoms with van der Waals surface area (Å²) in [5.74, 6) is 2.02. The average molecular weight is 778 g/mol. The molecule has 11 heteroatoms. The summed E-state index contributed by atoms with van der Waals surface area (Å²) in [6.45, 7) is 29.9. The predicted molar refractivity (Wildman–Crippen MR) is 242 cm³/mol. The van der Waals surface area contributed by atoms with Crippen molar-refractivity contribution >= 4 is 0 Å². The lowest BCUT2D eigenvalue weighted by Crippen LogP contribution is -2.34. The maximum Gasteiger partial charge on any atom is 0.0555 e. The van der Waals surface area contributed by atoms with E-state index in [-0.39, 0.29) is 12.7 Å². The molecule has 0 radical (unpaired) electrons. The summed E-state index contributed by atoms with van der Waals surface area (Å²) in [5.41, 5.74) is 5.56. The fourth-order valence-corrected chi connectivity index (χ4v) is 6.08. The van der Waals surface area contributed by atoms with Crippen LogP contribution in [0.25, 0.3) is 0 Å². The molecule has 332 valence electrons. The Hall–Kier alpha value is -0.440. The minimum atomic E-state index is -0.0186. The molecular formula is C43H103N9O2. The molecule has 0 aliphatic heterocycles. The number of nitrogens with one attached hydrogen (secondary N) is 7. The molecule has 11 N–H and O–H groups in total. The van der Waals surface area contributed by atoms with Gasteiger partial charge in [0.2, 0.25) is 0 Å². The van der Waals surface area contributed by atoms with Gasteiger partial charge in [-0.3, -0.25) is 0 Å². The average Bonchev–Trinajstić information content (AvgIpc) is 3.18. The Morgan fingerprint density at radius 2 is 1.02 bits per heavy atom. The Labute approximate surface area is 339 Å². The van der Waals surface area contributed by atoms with E-state index >= 15 is 0 Å². The van der Waals surface area contributed by atoms with Crippen molar-refractivity contribution in [1.82, 2.24) is 42.1 Å². The van der Waals surface area contributed by atoms with E-state index in [0.29, 0.717) is 6.04 Å². The zero-order chi connectivity index (χ0) is 41.3. The van der Waals surface area contributed by atoms with Crippen LogP contribution in [0.2, 0.25) is 0 Å². The largest absolute Gasteiger partial charge is 0.395 e. The van der Waals surface area contributed by atoms with Crippen LogP contribution in [0.4, 0.5) is 0 Å². The zero-order valence-corrected chi connectivity index (χ0v) is 38.2. The van der Waals surface area contributed by atoms with Crippen LogP contribution in [0, 0.1) is 11.8 Å². The summed E-state index contributed by atoms with van der Waals surface area (Å²) in [5, 5.41) is 39.8. The Balaban J connectivity index is -0.000000290. The van der Waals surface area contributed by atoms with Gasteiger partial charge in [-0.15, -0.1) is 0 Å². The van der Waals surface area contributed by atoms with Crippen LogP contribution in [0.5, 0.6) is 0 Å². The van der Waals surface area contributed by atoms with Crippen LogP contribution >= 0.6 is 0 Å². The lowest BCUT2D eigenvalue weighted by Gasteiger charge is -2.28. The van der Waals surface area contributed by atoms with Crippen LogP contribution in [-0.2, 0) is 0 Å². The van der Waals surface area contributed by atoms with Crippen LogP contribution in [0.15, 0.2) is 0 Å². The van der Waals surface area contributed by atoms with Crippen molar-refractivity contribution < 1.29 is 10.2 Å². The summed E-state index contributed by atoms with van der Waals surface area (Å²) < 4.78 is 0. The minimum Gasteiger partial charge on any atom is -0.395 e. The lowest BCUT2D eigenvalue weighted by atomic mass is 9.78. The van der Waals surface area contributed by atoms with Crippen molar-refractivity contribution in [3.8, 4) is 0 Å². The van der Waals surface area contributed by atoms with Gasteiger partial charge in [0.1, 0.15) is 0 Å². The first-order valence-electron chi connectivity index (χ1n) is 22.8. The summed E-state index contributed by atoms with van der Waals surface area (Å²) in [7, 11) is 6.12. The molecule has 11 nitrogen and oxygen atoms in total. The Kier molecular flexibility index (Phi) is 61.0. The summed E-state index contributed by atoms with van der Waals surface area (Å²) in [4.78, 5) is 2.17. The van der Waals surface area contributed by atoms with Crippen LogP contribution in [-0.4, -0.2) is 147 Å². The second kappa shape index (κ2) is 54.7. The molecule has 0 heterocycles. The zero-order valence-electron chi connectivity index (χ0n) is 38.2. The molecule has 2 fully saturated rings. The summed E-state index contributed by atoms with van der Waals surface area (Å²) in [6, 6.07) is 0.674. The standard InChI is InChI=1S/C14H30N2.C8H17NO.C6H16N2.C6H15N.C5H14N2.C4H11NO/c1-2-16-12-4-6-14-9-7-13(8-10-14)5-3-11-15;1-2-9-7-3-5-8(10)6-4-7;1-4-7-5-6-8(2)3;1-3-5-6-7-4-2;1-3-7-5-4-6-2;1-2-5-3-4-6/h13-14,16H,2-12,15H2,1H3;7-10H,2-6H2,1H3;7H,4-6H2,1-3H3;7H,3-6H2,1-2H3;6-7H,3-5H2,1-2H3;5-6H,2-4H2,1H3. The van der Waals surface area contributed by atoms with Crippen molar-refractivity contribution in [2.24, 2.45) is 17.6 Å². The maximum absolute atomic E-state index is 9.17. The molecular weight excluding hydrogens is 675 g/mol. The molecule has 0 aromatic heterocycles. The van der Waals surface area contributed by atoms with Crippen LogP contribution in [0.1, 0.15) is 138 Å². The molecule has 0 unspecified atom stereocenters. The third-order valence-electron chi connectivity index (χ3n) is 9.47. The van der Waals surface area contributed by atoms with Gasteiger partial charge in [0, 0.05) is 38.8 Å². The SMILES string of the molecule is CCCCNCC.CCNC1CCC(O)CC1.CCNCCCC1CCC(CCCN)CC1.CCNCCN(C)C.CCNCCNC.CCNCCO. The van der Waals surface area contributed by atoms with E-state index in [1.165, 1.54) is 77.3 Å². The molecule has 0 aromatic carbocycles. The van der Waals surface area contributed by atoms with Gasteiger partial charge in [0.25, 0.3) is 0 Å². The van der Waals surface area contributed by atoms with Gasteiger partial charge in [-0.05, 0) is 150 Å². The Morgan fingerprint density at radius 3 is 1.43 bits per heavy atom. The first-order valence-corrected chi connectivity index (χ1v) is 22.8. The number of rotatable bonds is 25. The number of nitrogens with zero attached hydrogens (tertiary/aromatic N) is 1. The smallest absolute Gasteiger partial charge is 0.0555 e. The maximum atomic E-state index is 9.17. The van der Waals surface area contributed by atoms with Crippen LogP contribution < -0.4 is 43.0 Å². The third-order valence-corrected chi connectivity index (χ3v) is 9.47. The normalized spacial score (nSPS) is 19.0. The van der Waals surface area contributed by atoms with E-state index in [0.717, 1.165) is 116 Å². The molecule has 0 atom stereocenters. The first-order chi connectivity index (χ1) is 26.2. The van der Waals surface area contributed by atoms with E-state index in [4.69, 9.17) is 15.9 Å². The number of hydrogen-bond acceptors (Lipinski definition) is 11. The highest BCUT2D eigenvalue weighted by Gasteiger charge is 2.20. The number of aliphatic hydroxyl groups excluding tert-OH is 2. The van der Waals surface area contributed by atoms with Crippen molar-refractivity contribution in [2.45, 2.75) is 151 Å². The van der Waals surface area contributed by atoms with Gasteiger partial charge < -0.3 is 58.1 Å². The summed E-state index contributed by atoms with van der Waals surface area (Å²) >= 11 is 0. The highest BCUT2D eigenvalue weighted by Crippen LogP contribution is 2.33. The van der Waals surface area contributed by atoms with Crippen molar-refractivity contribution in [3.05, 3.63) is 0 Å². The van der Waals surface area contributed by atoms with Crippen molar-refractivity contribution in [2.75, 3.05) is 119 Å². The molecule has 0 saturated heterocycles. The van der Waals surface area contributed by atoms with Crippen molar-refractivity contribution in [1.29, 1.82) is 0 Å². The number of aliphatic hydroxyl groups is 2. The van der Waals surface area contributed by atoms with Gasteiger partial charge >= 0.3 is 0 Å². The highest BCUT2D eigenvalue weighted by molar-refractivity contribution is 4.76. The molecule has 54 heavy (non-hydrogen) atoms. The van der Waals surface area contributed by atoms with E-state index in [1.807, 2.05) is 14.0 Å². The topological polar surface area (TPSA) is 154 Å². The third kappa shape index (κ3) is 55.9. The number of unbranched alkanes of at least 4 members (excludes halogenated alkanes) is 1. The molecule has 0 bridgehead atoms. The van der Waals surface area contributed by atoms with Crippen LogP contribution in [0.3, 0.4) is 0 Å². The lowest BCUT2D eigenvalue weighted by molar-refractivity contribution is 0.117. The van der Waals surface area contributed by atoms with Gasteiger partial charge in [-0.2, -0.15) is 0 Å². The van der Waals surface area contributed by atoms with E-state index in [1.54, 1.807) is 0 Å². The van der Waals surface area contributed by atoms with Gasteiger partial charge in [0.05, 0.1) is 12.7 Å². The molecule has 0 aromatic rings. The molecule has 2 saturated carbocycles. The molecule has 2 rings (SSSR count). The fourth-order valence-electron chi connectivity index (χ4n) is 6.08. The molecule has 2 aliphatic rings. The number of hydrogen-bond donors (Lipinski definition) is 10. The van der Waals surface area contributed by atoms with Gasteiger partial charge in [0.15, 0.2) is 0 Å². The number of likely N-dealkylation sites (N-methyl/N-ethyl adjacent to an activating group) is 5. The Morgan fingerprint density at radius 1 is 0.556 bits per heavy atom. The second-order valence-electron chi connectivity index (χ2n) is 14.8. The van der Waals surface area contributed by atoms with E-state index in [9.17, 15) is 0 Å². The quantitative estimate of drug-likeness (QED) is 0.0584. The number of nitrogens with two attached hydrogens (primary N) is 1. The fraction of sp³-hybridized carbons (Fsp3) is 1.00. The van der Waals surface area contributed by atoms with Crippen molar-refractivity contribution in [3.63, 3.8) is 0 Å². The monoisotopic (exact) mass is 778 g/mol. The van der Waals surface area contributed by atoms with E-state index < -0.39 is 0 Å². The van der Waals surface area contributed by atoms with E-state index in [2.05, 4.69) is 97.8 Å². The molecule has 0 spiro atoms. The predicted octanol–water partition coefficient (Wildman–Crippen LogP) is 4.78. The minimum absolute atomic E-state index is 0.0186.